The summed E-state index contributed by atoms with van der Waals surface area (Å²) in [7, 11) is 0. The van der Waals surface area contributed by atoms with Gasteiger partial charge in [-0.25, -0.2) is 4.98 Å². The molecule has 25 heavy (non-hydrogen) atoms. The molecule has 0 radical (unpaired) electrons. The van der Waals surface area contributed by atoms with E-state index in [-0.39, 0.29) is 19.0 Å². The van der Waals surface area contributed by atoms with Crippen LogP contribution in [0.15, 0.2) is 55.6 Å². The van der Waals surface area contributed by atoms with Gasteiger partial charge in [0.05, 0.1) is 18.4 Å². The predicted octanol–water partition coefficient (Wildman–Crippen LogP) is 4.41. The fraction of sp³-hybridized carbons (Fsp3) is 0.118. The molecule has 0 fully saturated rings. The van der Waals surface area contributed by atoms with Gasteiger partial charge in [0, 0.05) is 22.4 Å². The predicted molar refractivity (Wildman–Crippen MR) is 93.1 cm³/mol. The van der Waals surface area contributed by atoms with E-state index in [4.69, 9.17) is 13.7 Å². The van der Waals surface area contributed by atoms with Crippen LogP contribution in [0.2, 0.25) is 0 Å². The van der Waals surface area contributed by atoms with Gasteiger partial charge in [0.25, 0.3) is 0 Å². The Kier molecular flexibility index (Phi) is 4.45. The lowest BCUT2D eigenvalue weighted by molar-refractivity contribution is -0.144. The SMILES string of the molecule is O=C(Cc1csc(-c2ccsc2)n1)OCc1cc(-c2ccco2)on1. The third-order valence-electron chi connectivity index (χ3n) is 3.35. The molecule has 4 heterocycles. The van der Waals surface area contributed by atoms with Crippen molar-refractivity contribution in [1.29, 1.82) is 0 Å². The summed E-state index contributed by atoms with van der Waals surface area (Å²) in [5.74, 6) is 0.717. The minimum absolute atomic E-state index is 0.0462. The number of furan rings is 1. The Bertz CT molecular complexity index is 955. The fourth-order valence-electron chi connectivity index (χ4n) is 2.17. The summed E-state index contributed by atoms with van der Waals surface area (Å²) in [6.07, 6.45) is 1.68. The number of carbonyl (C=O) groups is 1. The van der Waals surface area contributed by atoms with Gasteiger partial charge in [-0.15, -0.1) is 11.3 Å². The maximum Gasteiger partial charge on any atom is 0.312 e. The molecule has 0 amide bonds. The summed E-state index contributed by atoms with van der Waals surface area (Å²) in [4.78, 5) is 16.4. The number of hydrogen-bond donors (Lipinski definition) is 0. The fourth-order valence-corrected chi connectivity index (χ4v) is 3.71. The second-order valence-corrected chi connectivity index (χ2v) is 6.79. The molecule has 0 saturated heterocycles. The Labute approximate surface area is 150 Å². The summed E-state index contributed by atoms with van der Waals surface area (Å²) in [6.45, 7) is 0.0462. The zero-order valence-electron chi connectivity index (χ0n) is 12.9. The van der Waals surface area contributed by atoms with Crippen molar-refractivity contribution in [3.8, 4) is 22.1 Å². The van der Waals surface area contributed by atoms with E-state index >= 15 is 0 Å². The van der Waals surface area contributed by atoms with Crippen LogP contribution in [0.25, 0.3) is 22.1 Å². The molecule has 6 nitrogen and oxygen atoms in total. The van der Waals surface area contributed by atoms with Crippen molar-refractivity contribution in [3.05, 3.63) is 58.1 Å². The number of esters is 1. The number of carbonyl (C=O) groups excluding carboxylic acids is 1. The Morgan fingerprint density at radius 2 is 2.16 bits per heavy atom. The molecule has 0 aromatic carbocycles. The Morgan fingerprint density at radius 3 is 2.96 bits per heavy atom. The normalized spacial score (nSPS) is 10.9. The van der Waals surface area contributed by atoms with Crippen LogP contribution in [0, 0.1) is 0 Å². The molecule has 0 unspecified atom stereocenters. The summed E-state index contributed by atoms with van der Waals surface area (Å²) < 4.78 is 15.6. The third-order valence-corrected chi connectivity index (χ3v) is 4.97. The Balaban J connectivity index is 1.32. The van der Waals surface area contributed by atoms with Crippen molar-refractivity contribution in [2.75, 3.05) is 0 Å². The van der Waals surface area contributed by atoms with Crippen LogP contribution in [0.1, 0.15) is 11.4 Å². The monoisotopic (exact) mass is 372 g/mol. The third kappa shape index (κ3) is 3.70. The van der Waals surface area contributed by atoms with Gasteiger partial charge in [-0.05, 0) is 23.6 Å². The highest BCUT2D eigenvalue weighted by Crippen LogP contribution is 2.26. The first kappa shape index (κ1) is 15.8. The largest absolute Gasteiger partial charge is 0.461 e. The van der Waals surface area contributed by atoms with E-state index in [2.05, 4.69) is 10.1 Å². The van der Waals surface area contributed by atoms with Gasteiger partial charge < -0.3 is 13.7 Å². The highest BCUT2D eigenvalue weighted by Gasteiger charge is 2.13. The molecule has 0 aliphatic carbocycles. The Hall–Kier alpha value is -2.71. The quantitative estimate of drug-likeness (QED) is 0.467. The molecule has 126 valence electrons. The second-order valence-electron chi connectivity index (χ2n) is 5.15. The summed E-state index contributed by atoms with van der Waals surface area (Å²) in [5.41, 5.74) is 2.30. The van der Waals surface area contributed by atoms with E-state index in [1.807, 2.05) is 22.2 Å². The van der Waals surface area contributed by atoms with Crippen molar-refractivity contribution in [2.45, 2.75) is 13.0 Å². The van der Waals surface area contributed by atoms with Gasteiger partial charge in [-0.3, -0.25) is 4.79 Å². The molecule has 0 atom stereocenters. The lowest BCUT2D eigenvalue weighted by Crippen LogP contribution is -2.08. The van der Waals surface area contributed by atoms with Crippen molar-refractivity contribution in [1.82, 2.24) is 10.1 Å². The van der Waals surface area contributed by atoms with E-state index in [0.717, 1.165) is 10.6 Å². The first-order valence-corrected chi connectivity index (χ1v) is 9.22. The molecular weight excluding hydrogens is 360 g/mol. The van der Waals surface area contributed by atoms with Crippen LogP contribution in [0.3, 0.4) is 0 Å². The van der Waals surface area contributed by atoms with Gasteiger partial charge in [0.15, 0.2) is 5.76 Å². The van der Waals surface area contributed by atoms with E-state index in [9.17, 15) is 4.79 Å². The van der Waals surface area contributed by atoms with Gasteiger partial charge >= 0.3 is 5.97 Å². The average Bonchev–Trinajstić information content (AvgIpc) is 3.40. The molecule has 4 rings (SSSR count). The minimum atomic E-state index is -0.357. The number of thiophene rings is 1. The van der Waals surface area contributed by atoms with Crippen molar-refractivity contribution < 1.29 is 18.5 Å². The highest BCUT2D eigenvalue weighted by atomic mass is 32.1. The zero-order chi connectivity index (χ0) is 17.1. The number of ether oxygens (including phenoxy) is 1. The lowest BCUT2D eigenvalue weighted by atomic mass is 10.3. The minimum Gasteiger partial charge on any atom is -0.461 e. The maximum absolute atomic E-state index is 12.0. The summed E-state index contributed by atoms with van der Waals surface area (Å²) in [6, 6.07) is 7.22. The van der Waals surface area contributed by atoms with Crippen LogP contribution < -0.4 is 0 Å². The lowest BCUT2D eigenvalue weighted by Gasteiger charge is -2.00. The van der Waals surface area contributed by atoms with Crippen LogP contribution in [-0.2, 0) is 22.6 Å². The number of aromatic nitrogens is 2. The van der Waals surface area contributed by atoms with E-state index < -0.39 is 0 Å². The van der Waals surface area contributed by atoms with Crippen molar-refractivity contribution >= 4 is 28.6 Å². The van der Waals surface area contributed by atoms with E-state index in [1.165, 1.54) is 11.3 Å². The molecule has 0 spiro atoms. The first-order chi connectivity index (χ1) is 12.3. The molecule has 0 aliphatic rings. The Morgan fingerprint density at radius 1 is 1.20 bits per heavy atom. The molecule has 0 N–H and O–H groups in total. The highest BCUT2D eigenvalue weighted by molar-refractivity contribution is 7.14. The van der Waals surface area contributed by atoms with Crippen LogP contribution in [0.5, 0.6) is 0 Å². The van der Waals surface area contributed by atoms with Gasteiger partial charge in [0.2, 0.25) is 5.76 Å². The molecular formula is C17H12N2O4S2. The molecule has 0 aliphatic heterocycles. The van der Waals surface area contributed by atoms with Crippen molar-refractivity contribution in [2.24, 2.45) is 0 Å². The molecule has 4 aromatic heterocycles. The van der Waals surface area contributed by atoms with Crippen LogP contribution >= 0.6 is 22.7 Å². The van der Waals surface area contributed by atoms with Gasteiger partial charge in [0.1, 0.15) is 17.3 Å². The zero-order valence-corrected chi connectivity index (χ0v) is 14.5. The average molecular weight is 372 g/mol. The second kappa shape index (κ2) is 7.04. The van der Waals surface area contributed by atoms with E-state index in [0.29, 0.717) is 22.9 Å². The van der Waals surface area contributed by atoms with Crippen LogP contribution in [0.4, 0.5) is 0 Å². The standard InChI is InChI=1S/C17H12N2O4S2/c20-16(7-13-10-25-17(18-13)11-3-5-24-9-11)22-8-12-6-15(23-19-12)14-2-1-4-21-14/h1-6,9-10H,7-8H2. The first-order valence-electron chi connectivity index (χ1n) is 7.40. The van der Waals surface area contributed by atoms with E-state index in [1.54, 1.807) is 35.8 Å². The van der Waals surface area contributed by atoms with Crippen LogP contribution in [-0.4, -0.2) is 16.1 Å². The number of rotatable bonds is 6. The summed E-state index contributed by atoms with van der Waals surface area (Å²) >= 11 is 3.13. The van der Waals surface area contributed by atoms with Gasteiger partial charge in [-0.1, -0.05) is 5.16 Å². The topological polar surface area (TPSA) is 78.4 Å². The smallest absolute Gasteiger partial charge is 0.312 e. The molecule has 4 aromatic rings. The molecule has 0 bridgehead atoms. The van der Waals surface area contributed by atoms with Gasteiger partial charge in [-0.2, -0.15) is 11.3 Å². The summed E-state index contributed by atoms with van der Waals surface area (Å²) in [5, 5.41) is 10.7. The number of thiazole rings is 1. The molecule has 8 heteroatoms. The number of nitrogens with zero attached hydrogens (tertiary/aromatic N) is 2. The maximum atomic E-state index is 12.0. The molecule has 0 saturated carbocycles. The van der Waals surface area contributed by atoms with Crippen molar-refractivity contribution in [3.63, 3.8) is 0 Å². The number of hydrogen-bond acceptors (Lipinski definition) is 8.